The lowest BCUT2D eigenvalue weighted by Gasteiger charge is -2.65. The van der Waals surface area contributed by atoms with Crippen LogP contribution in [0.1, 0.15) is 51.5 Å². The second-order valence-electron chi connectivity index (χ2n) is 13.2. The van der Waals surface area contributed by atoms with Crippen LogP contribution < -0.4 is 4.83 Å². The topological polar surface area (TPSA) is 102 Å². The number of aliphatic hydroxyl groups excluding tert-OH is 2. The molecule has 0 unspecified atom stereocenters. The van der Waals surface area contributed by atoms with E-state index in [0.717, 1.165) is 55.6 Å². The first-order chi connectivity index (χ1) is 17.5. The predicted molar refractivity (Wildman–Crippen MR) is 141 cm³/mol. The first-order valence-corrected chi connectivity index (χ1v) is 15.4. The SMILES string of the molecule is C=C1[C@H]2C[C@@]3([C@@H]1O)[C@@H](C/C2=N/NS(=O)(=O)c1ccc(C)cc1)[C@@]12[C@@H]4[C@@H]3C[C@@H]1[C@@](C)(CC[C@@H]2O)CN4CC. The summed E-state index contributed by atoms with van der Waals surface area (Å²) in [4.78, 5) is 5.31. The van der Waals surface area contributed by atoms with E-state index in [-0.39, 0.29) is 39.0 Å². The number of rotatable bonds is 4. The number of piperidine rings is 1. The number of nitrogens with one attached hydrogen (secondary N) is 1. The second-order valence-corrected chi connectivity index (χ2v) is 14.9. The number of hydrogen-bond donors (Lipinski definition) is 3. The molecule has 5 saturated carbocycles. The largest absolute Gasteiger partial charge is 0.392 e. The van der Waals surface area contributed by atoms with Gasteiger partial charge in [-0.05, 0) is 86.4 Å². The number of likely N-dealkylation sites (tertiary alicyclic amines) is 1. The number of benzene rings is 1. The molecule has 7 nitrogen and oxygen atoms in total. The number of hydrazone groups is 1. The van der Waals surface area contributed by atoms with Gasteiger partial charge < -0.3 is 10.2 Å². The summed E-state index contributed by atoms with van der Waals surface area (Å²) in [6.45, 7) is 12.9. The summed E-state index contributed by atoms with van der Waals surface area (Å²) in [6.07, 6.45) is 3.19. The van der Waals surface area contributed by atoms with Crippen LogP contribution in [0, 0.1) is 46.8 Å². The molecule has 5 aliphatic carbocycles. The maximum atomic E-state index is 13.1. The molecular formula is C29H39N3O4S. The van der Waals surface area contributed by atoms with Gasteiger partial charge in [-0.3, -0.25) is 4.90 Å². The molecule has 7 rings (SSSR count). The summed E-state index contributed by atoms with van der Waals surface area (Å²) >= 11 is 0. The van der Waals surface area contributed by atoms with Gasteiger partial charge in [0.25, 0.3) is 10.0 Å². The van der Waals surface area contributed by atoms with Crippen molar-refractivity contribution in [1.82, 2.24) is 9.73 Å². The van der Waals surface area contributed by atoms with Crippen molar-refractivity contribution in [3.05, 3.63) is 42.0 Å². The maximum absolute atomic E-state index is 13.1. The van der Waals surface area contributed by atoms with Crippen LogP contribution in [0.2, 0.25) is 0 Å². The Bertz CT molecular complexity index is 1310. The van der Waals surface area contributed by atoms with Crippen molar-refractivity contribution in [3.63, 3.8) is 0 Å². The van der Waals surface area contributed by atoms with Gasteiger partial charge in [0, 0.05) is 35.0 Å². The van der Waals surface area contributed by atoms with E-state index in [2.05, 4.69) is 35.3 Å². The van der Waals surface area contributed by atoms with E-state index in [1.165, 1.54) is 0 Å². The van der Waals surface area contributed by atoms with E-state index in [9.17, 15) is 18.6 Å². The van der Waals surface area contributed by atoms with Gasteiger partial charge in [-0.15, -0.1) is 0 Å². The van der Waals surface area contributed by atoms with Crippen molar-refractivity contribution in [2.45, 2.75) is 76.0 Å². The number of sulfonamides is 1. The molecule has 0 radical (unpaired) electrons. The number of aryl methyl sites for hydroxylation is 1. The van der Waals surface area contributed by atoms with Crippen LogP contribution in [0.4, 0.5) is 0 Å². The highest BCUT2D eigenvalue weighted by Gasteiger charge is 2.85. The molecule has 7 bridgehead atoms. The zero-order chi connectivity index (χ0) is 26.1. The normalized spacial score (nSPS) is 48.9. The van der Waals surface area contributed by atoms with Gasteiger partial charge in [0.05, 0.1) is 17.1 Å². The van der Waals surface area contributed by atoms with Gasteiger partial charge in [-0.2, -0.15) is 13.5 Å². The zero-order valence-corrected chi connectivity index (χ0v) is 22.8. The molecule has 6 aliphatic rings. The van der Waals surface area contributed by atoms with Gasteiger partial charge in [-0.1, -0.05) is 38.1 Å². The Morgan fingerprint density at radius 2 is 1.95 bits per heavy atom. The number of aliphatic hydroxyl groups is 2. The fourth-order valence-electron chi connectivity index (χ4n) is 10.8. The Kier molecular flexibility index (Phi) is 4.90. The molecule has 10 atom stereocenters. The molecule has 1 aromatic carbocycles. The number of fused-ring (bicyclic) bond motifs is 1. The third-order valence-corrected chi connectivity index (χ3v) is 13.2. The average Bonchev–Trinajstić information content (AvgIpc) is 3.39. The Labute approximate surface area is 220 Å². The number of hydrogen-bond acceptors (Lipinski definition) is 6. The Balaban J connectivity index is 1.32. The van der Waals surface area contributed by atoms with Crippen LogP contribution in [-0.2, 0) is 10.0 Å². The molecule has 0 aromatic heterocycles. The fourth-order valence-corrected chi connectivity index (χ4v) is 11.6. The first-order valence-electron chi connectivity index (χ1n) is 13.9. The Hall–Kier alpha value is -1.74. The lowest BCUT2D eigenvalue weighted by molar-refractivity contribution is -0.206. The van der Waals surface area contributed by atoms with Crippen LogP contribution in [0.5, 0.6) is 0 Å². The van der Waals surface area contributed by atoms with Gasteiger partial charge in [-0.25, -0.2) is 4.83 Å². The maximum Gasteiger partial charge on any atom is 0.276 e. The van der Waals surface area contributed by atoms with Crippen molar-refractivity contribution >= 4 is 15.7 Å². The van der Waals surface area contributed by atoms with Crippen molar-refractivity contribution in [2.24, 2.45) is 45.0 Å². The summed E-state index contributed by atoms with van der Waals surface area (Å²) in [5.41, 5.74) is 2.08. The van der Waals surface area contributed by atoms with Crippen molar-refractivity contribution < 1.29 is 18.6 Å². The van der Waals surface area contributed by atoms with Gasteiger partial charge in [0.15, 0.2) is 0 Å². The van der Waals surface area contributed by atoms with Crippen LogP contribution in [-0.4, -0.2) is 60.6 Å². The smallest absolute Gasteiger partial charge is 0.276 e. The van der Waals surface area contributed by atoms with Crippen molar-refractivity contribution in [3.8, 4) is 0 Å². The van der Waals surface area contributed by atoms with E-state index in [0.29, 0.717) is 18.3 Å². The minimum absolute atomic E-state index is 0.0610. The van der Waals surface area contributed by atoms with Crippen molar-refractivity contribution in [1.29, 1.82) is 0 Å². The molecule has 1 aromatic rings. The summed E-state index contributed by atoms with van der Waals surface area (Å²) < 4.78 is 26.1. The molecule has 200 valence electrons. The predicted octanol–water partition coefficient (Wildman–Crippen LogP) is 3.07. The van der Waals surface area contributed by atoms with E-state index < -0.39 is 22.2 Å². The number of nitrogens with zero attached hydrogens (tertiary/aromatic N) is 2. The molecule has 3 N–H and O–H groups in total. The molecule has 1 heterocycles. The standard InChI is InChI=1S/C29H39N3O4S/c1-5-32-15-27(4)11-10-24(33)29-22(27)12-20(25(29)32)28-14-19(17(3)26(28)34)21(13-23(28)29)30-31-37(35,36)18-8-6-16(2)7-9-18/h6-9,19-20,22-26,31,33-34H,3,5,10-15H2,1-2,4H3/b30-21-/t19-,20+,22-,23-,24+,25+,26-,27+,28+,29+/m1/s1. The third-order valence-electron chi connectivity index (χ3n) is 12.0. The third kappa shape index (κ3) is 2.73. The van der Waals surface area contributed by atoms with Crippen molar-refractivity contribution in [2.75, 3.05) is 13.1 Å². The van der Waals surface area contributed by atoms with E-state index in [4.69, 9.17) is 0 Å². The summed E-state index contributed by atoms with van der Waals surface area (Å²) in [7, 11) is -3.81. The highest BCUT2D eigenvalue weighted by Crippen LogP contribution is 2.83. The summed E-state index contributed by atoms with van der Waals surface area (Å²) in [5.74, 6) is 0.662. The molecule has 0 amide bonds. The highest BCUT2D eigenvalue weighted by atomic mass is 32.2. The van der Waals surface area contributed by atoms with Crippen LogP contribution in [0.25, 0.3) is 0 Å². The molecule has 6 fully saturated rings. The molecule has 1 saturated heterocycles. The summed E-state index contributed by atoms with van der Waals surface area (Å²) in [5, 5.41) is 28.2. The fraction of sp³-hybridized carbons (Fsp3) is 0.690. The molecule has 8 heteroatoms. The molecule has 37 heavy (non-hydrogen) atoms. The summed E-state index contributed by atoms with van der Waals surface area (Å²) in [6, 6.07) is 6.99. The Morgan fingerprint density at radius 3 is 2.65 bits per heavy atom. The highest BCUT2D eigenvalue weighted by molar-refractivity contribution is 7.89. The van der Waals surface area contributed by atoms with E-state index in [1.54, 1.807) is 24.3 Å². The van der Waals surface area contributed by atoms with E-state index >= 15 is 0 Å². The first kappa shape index (κ1) is 24.3. The Morgan fingerprint density at radius 1 is 1.22 bits per heavy atom. The van der Waals surface area contributed by atoms with Gasteiger partial charge in [0.2, 0.25) is 0 Å². The molecule has 2 spiro atoms. The minimum atomic E-state index is -3.81. The van der Waals surface area contributed by atoms with Gasteiger partial charge in [0.1, 0.15) is 0 Å². The lowest BCUT2D eigenvalue weighted by atomic mass is 9.43. The lowest BCUT2D eigenvalue weighted by Crippen LogP contribution is -2.68. The quantitative estimate of drug-likeness (QED) is 0.414. The van der Waals surface area contributed by atoms with Crippen LogP contribution in [0.15, 0.2) is 46.4 Å². The monoisotopic (exact) mass is 525 g/mol. The minimum Gasteiger partial charge on any atom is -0.392 e. The molecular weight excluding hydrogens is 486 g/mol. The van der Waals surface area contributed by atoms with E-state index in [1.807, 2.05) is 6.92 Å². The average molecular weight is 526 g/mol. The van der Waals surface area contributed by atoms with Crippen LogP contribution in [0.3, 0.4) is 0 Å². The second kappa shape index (κ2) is 7.46. The van der Waals surface area contributed by atoms with Gasteiger partial charge >= 0.3 is 0 Å². The molecule has 1 aliphatic heterocycles. The zero-order valence-electron chi connectivity index (χ0n) is 22.0. The van der Waals surface area contributed by atoms with Crippen LogP contribution >= 0.6 is 0 Å².